The van der Waals surface area contributed by atoms with E-state index in [1.807, 2.05) is 0 Å². The minimum Gasteiger partial charge on any atom is -0.482 e. The first-order valence-corrected chi connectivity index (χ1v) is 12.8. The maximum Gasteiger partial charge on any atom is 0.344 e. The van der Waals surface area contributed by atoms with Crippen LogP contribution in [0.5, 0.6) is 5.75 Å². The van der Waals surface area contributed by atoms with Crippen LogP contribution in [0, 0.1) is 0 Å². The highest BCUT2D eigenvalue weighted by Crippen LogP contribution is 2.26. The van der Waals surface area contributed by atoms with Crippen LogP contribution < -0.4 is 9.04 Å². The van der Waals surface area contributed by atoms with E-state index in [4.69, 9.17) is 9.47 Å². The smallest absolute Gasteiger partial charge is 0.344 e. The molecule has 0 N–H and O–H groups in total. The van der Waals surface area contributed by atoms with E-state index in [1.165, 1.54) is 11.4 Å². The molecule has 1 saturated heterocycles. The monoisotopic (exact) mass is 480 g/mol. The normalized spacial score (nSPS) is 16.4. The first-order valence-electron chi connectivity index (χ1n) is 10.5. The van der Waals surface area contributed by atoms with Crippen molar-refractivity contribution < 1.29 is 27.5 Å². The molecule has 1 unspecified atom stereocenters. The van der Waals surface area contributed by atoms with Gasteiger partial charge in [-0.05, 0) is 61.4 Å². The van der Waals surface area contributed by atoms with Gasteiger partial charge in [0.05, 0.1) is 5.69 Å². The van der Waals surface area contributed by atoms with Gasteiger partial charge in [-0.1, -0.05) is 13.0 Å². The van der Waals surface area contributed by atoms with Crippen LogP contribution in [0.25, 0.3) is 0 Å². The summed E-state index contributed by atoms with van der Waals surface area (Å²) in [6.45, 7) is 2.13. The summed E-state index contributed by atoms with van der Waals surface area (Å²) in [5.41, 5.74) is 0.464. The van der Waals surface area contributed by atoms with E-state index in [1.54, 1.807) is 46.7 Å². The minimum atomic E-state index is -3.62. The van der Waals surface area contributed by atoms with Crippen molar-refractivity contribution in [3.63, 3.8) is 0 Å². The lowest BCUT2D eigenvalue weighted by atomic mass is 10.00. The number of thiophene rings is 1. The van der Waals surface area contributed by atoms with Gasteiger partial charge in [0, 0.05) is 19.6 Å². The highest BCUT2D eigenvalue weighted by atomic mass is 32.2. The molecule has 1 atom stereocenters. The van der Waals surface area contributed by atoms with Crippen molar-refractivity contribution in [1.29, 1.82) is 0 Å². The molecule has 1 fully saturated rings. The third-order valence-electron chi connectivity index (χ3n) is 5.44. The Hall–Kier alpha value is -2.59. The van der Waals surface area contributed by atoms with Gasteiger partial charge in [0.15, 0.2) is 13.2 Å². The van der Waals surface area contributed by atoms with Gasteiger partial charge in [-0.2, -0.15) is 0 Å². The first kappa shape index (κ1) is 24.1. The first-order chi connectivity index (χ1) is 15.3. The second-order valence-electron chi connectivity index (χ2n) is 7.49. The summed E-state index contributed by atoms with van der Waals surface area (Å²) >= 11 is 1.15. The van der Waals surface area contributed by atoms with Crippen molar-refractivity contribution in [2.45, 2.75) is 42.9 Å². The number of hydrogen-bond acceptors (Lipinski definition) is 7. The number of benzene rings is 1. The van der Waals surface area contributed by atoms with Gasteiger partial charge < -0.3 is 14.4 Å². The van der Waals surface area contributed by atoms with Crippen molar-refractivity contribution in [1.82, 2.24) is 4.90 Å². The molecule has 3 rings (SSSR count). The van der Waals surface area contributed by atoms with E-state index in [0.717, 1.165) is 37.0 Å². The predicted octanol–water partition coefficient (Wildman–Crippen LogP) is 3.29. The van der Waals surface area contributed by atoms with Gasteiger partial charge in [-0.15, -0.1) is 11.3 Å². The number of carbonyl (C=O) groups excluding carboxylic acids is 2. The molecule has 1 aromatic heterocycles. The molecular formula is C22H28N2O6S2. The maximum atomic E-state index is 12.6. The van der Waals surface area contributed by atoms with E-state index in [0.29, 0.717) is 18.0 Å². The van der Waals surface area contributed by atoms with Crippen LogP contribution in [0.3, 0.4) is 0 Å². The minimum absolute atomic E-state index is 0.177. The Bertz CT molecular complexity index is 1010. The van der Waals surface area contributed by atoms with Crippen LogP contribution in [0.1, 0.15) is 32.6 Å². The number of esters is 1. The Labute approximate surface area is 192 Å². The Balaban J connectivity index is 1.47. The highest BCUT2D eigenvalue weighted by Gasteiger charge is 2.26. The number of ether oxygens (including phenoxy) is 2. The third-order valence-corrected chi connectivity index (χ3v) is 8.60. The van der Waals surface area contributed by atoms with E-state index < -0.39 is 16.0 Å². The van der Waals surface area contributed by atoms with E-state index in [2.05, 4.69) is 6.92 Å². The molecule has 0 bridgehead atoms. The predicted molar refractivity (Wildman–Crippen MR) is 122 cm³/mol. The van der Waals surface area contributed by atoms with Gasteiger partial charge in [0.2, 0.25) is 0 Å². The van der Waals surface area contributed by atoms with Crippen LogP contribution in [0.2, 0.25) is 0 Å². The molecule has 32 heavy (non-hydrogen) atoms. The number of likely N-dealkylation sites (tertiary alicyclic amines) is 1. The van der Waals surface area contributed by atoms with Gasteiger partial charge in [-0.25, -0.2) is 13.2 Å². The maximum absolute atomic E-state index is 12.6. The highest BCUT2D eigenvalue weighted by molar-refractivity contribution is 7.94. The second-order valence-corrected chi connectivity index (χ2v) is 10.6. The lowest BCUT2D eigenvalue weighted by Crippen LogP contribution is -2.45. The molecule has 2 aromatic rings. The zero-order chi connectivity index (χ0) is 23.1. The Kier molecular flexibility index (Phi) is 8.14. The van der Waals surface area contributed by atoms with Gasteiger partial charge in [0.25, 0.3) is 15.9 Å². The Morgan fingerprint density at radius 2 is 1.91 bits per heavy atom. The summed E-state index contributed by atoms with van der Waals surface area (Å²) in [4.78, 5) is 26.2. The van der Waals surface area contributed by atoms with Crippen LogP contribution >= 0.6 is 11.3 Å². The zero-order valence-corrected chi connectivity index (χ0v) is 19.9. The Morgan fingerprint density at radius 3 is 2.56 bits per heavy atom. The standard InChI is InChI=1S/C22H28N2O6S2/c1-3-17-7-4-5-13-24(17)20(25)15-30-21(26)16-29-19-11-9-18(10-12-19)23(2)32(27,28)22-8-6-14-31-22/h6,8-12,14,17H,3-5,7,13,15-16H2,1-2H3. The number of amides is 1. The fraction of sp³-hybridized carbons (Fsp3) is 0.455. The molecule has 10 heteroatoms. The summed E-state index contributed by atoms with van der Waals surface area (Å²) in [7, 11) is -2.14. The number of carbonyl (C=O) groups is 2. The quantitative estimate of drug-likeness (QED) is 0.512. The van der Waals surface area contributed by atoms with Crippen molar-refractivity contribution in [2.75, 3.05) is 31.1 Å². The SMILES string of the molecule is CCC1CCCCN1C(=O)COC(=O)COc1ccc(N(C)S(=O)(=O)c2cccs2)cc1. The molecule has 1 aliphatic heterocycles. The van der Waals surface area contributed by atoms with Crippen molar-refractivity contribution in [3.05, 3.63) is 41.8 Å². The van der Waals surface area contributed by atoms with Crippen molar-refractivity contribution >= 4 is 38.9 Å². The number of sulfonamides is 1. The molecule has 1 amide bonds. The topological polar surface area (TPSA) is 93.2 Å². The lowest BCUT2D eigenvalue weighted by molar-refractivity contribution is -0.155. The van der Waals surface area contributed by atoms with Gasteiger partial charge in [0.1, 0.15) is 9.96 Å². The molecule has 1 aromatic carbocycles. The number of rotatable bonds is 9. The zero-order valence-electron chi connectivity index (χ0n) is 18.2. The summed E-state index contributed by atoms with van der Waals surface area (Å²) in [5, 5.41) is 1.71. The van der Waals surface area contributed by atoms with E-state index in [9.17, 15) is 18.0 Å². The average molecular weight is 481 g/mol. The fourth-order valence-electron chi connectivity index (χ4n) is 3.60. The summed E-state index contributed by atoms with van der Waals surface area (Å²) < 4.78 is 37.1. The molecule has 174 valence electrons. The van der Waals surface area contributed by atoms with E-state index >= 15 is 0 Å². The summed E-state index contributed by atoms with van der Waals surface area (Å²) in [5.74, 6) is -0.421. The number of nitrogens with zero attached hydrogens (tertiary/aromatic N) is 2. The molecular weight excluding hydrogens is 452 g/mol. The number of hydrogen-bond donors (Lipinski definition) is 0. The fourth-order valence-corrected chi connectivity index (χ4v) is 5.96. The lowest BCUT2D eigenvalue weighted by Gasteiger charge is -2.35. The molecule has 0 spiro atoms. The molecule has 0 radical (unpaired) electrons. The van der Waals surface area contributed by atoms with Crippen molar-refractivity contribution in [3.8, 4) is 5.75 Å². The molecule has 8 nitrogen and oxygen atoms in total. The van der Waals surface area contributed by atoms with Crippen LogP contribution in [0.4, 0.5) is 5.69 Å². The summed E-state index contributed by atoms with van der Waals surface area (Å²) in [6, 6.07) is 9.79. The summed E-state index contributed by atoms with van der Waals surface area (Å²) in [6.07, 6.45) is 3.96. The number of anilines is 1. The van der Waals surface area contributed by atoms with Gasteiger partial charge in [-0.3, -0.25) is 9.10 Å². The van der Waals surface area contributed by atoms with Crippen LogP contribution in [-0.2, 0) is 24.3 Å². The molecule has 2 heterocycles. The molecule has 1 aliphatic rings. The largest absolute Gasteiger partial charge is 0.482 e. The third kappa shape index (κ3) is 5.80. The molecule has 0 aliphatic carbocycles. The van der Waals surface area contributed by atoms with E-state index in [-0.39, 0.29) is 29.4 Å². The van der Waals surface area contributed by atoms with Gasteiger partial charge >= 0.3 is 5.97 Å². The second kappa shape index (κ2) is 10.8. The average Bonchev–Trinajstić information content (AvgIpc) is 3.37. The van der Waals surface area contributed by atoms with Crippen LogP contribution in [0.15, 0.2) is 46.0 Å². The van der Waals surface area contributed by atoms with Crippen molar-refractivity contribution in [2.24, 2.45) is 0 Å². The Morgan fingerprint density at radius 1 is 1.16 bits per heavy atom. The molecule has 0 saturated carbocycles. The number of piperidine rings is 1. The van der Waals surface area contributed by atoms with Crippen LogP contribution in [-0.4, -0.2) is 58.0 Å².